The minimum absolute atomic E-state index is 0.643. The molecule has 1 aliphatic rings. The van der Waals surface area contributed by atoms with E-state index < -0.39 is 0 Å². The summed E-state index contributed by atoms with van der Waals surface area (Å²) in [7, 11) is 0. The Labute approximate surface area is 184 Å². The molecule has 2 heteroatoms. The van der Waals surface area contributed by atoms with Crippen molar-refractivity contribution in [1.82, 2.24) is 9.80 Å². The Morgan fingerprint density at radius 2 is 0.793 bits per heavy atom. The van der Waals surface area contributed by atoms with Crippen molar-refractivity contribution in [1.29, 1.82) is 0 Å². The van der Waals surface area contributed by atoms with Crippen LogP contribution in [0.3, 0.4) is 0 Å². The minimum Gasteiger partial charge on any atom is -0.356 e. The minimum atomic E-state index is 0.643. The van der Waals surface area contributed by atoms with Crippen LogP contribution in [0.15, 0.2) is 12.4 Å². The zero-order chi connectivity index (χ0) is 21.0. The average molecular weight is 407 g/mol. The van der Waals surface area contributed by atoms with E-state index in [9.17, 15) is 0 Å². The van der Waals surface area contributed by atoms with Gasteiger partial charge in [0.05, 0.1) is 0 Å². The van der Waals surface area contributed by atoms with Gasteiger partial charge in [-0.15, -0.1) is 0 Å². The third kappa shape index (κ3) is 13.3. The van der Waals surface area contributed by atoms with Gasteiger partial charge in [0, 0.05) is 25.5 Å². The fourth-order valence-electron chi connectivity index (χ4n) is 4.58. The van der Waals surface area contributed by atoms with Gasteiger partial charge < -0.3 is 9.80 Å². The van der Waals surface area contributed by atoms with Gasteiger partial charge in [-0.3, -0.25) is 0 Å². The second kappa shape index (κ2) is 19.3. The van der Waals surface area contributed by atoms with Gasteiger partial charge in [0.25, 0.3) is 0 Å². The van der Waals surface area contributed by atoms with Crippen LogP contribution in [0.5, 0.6) is 0 Å². The summed E-state index contributed by atoms with van der Waals surface area (Å²) in [6.45, 7) is 9.43. The Balaban J connectivity index is 2.07. The first-order chi connectivity index (χ1) is 14.3. The van der Waals surface area contributed by atoms with Crippen LogP contribution >= 0.6 is 0 Å². The Kier molecular flexibility index (Phi) is 17.6. The van der Waals surface area contributed by atoms with E-state index in [2.05, 4.69) is 43.0 Å². The van der Waals surface area contributed by atoms with Crippen LogP contribution in [0.25, 0.3) is 0 Å². The summed E-state index contributed by atoms with van der Waals surface area (Å²) in [5.74, 6) is 0. The summed E-state index contributed by atoms with van der Waals surface area (Å²) >= 11 is 0. The fourth-order valence-corrected chi connectivity index (χ4v) is 4.58. The zero-order valence-electron chi connectivity index (χ0n) is 20.5. The first-order valence-corrected chi connectivity index (χ1v) is 13.5. The van der Waals surface area contributed by atoms with Crippen molar-refractivity contribution in [3.05, 3.63) is 12.4 Å². The topological polar surface area (TPSA) is 6.48 Å². The highest BCUT2D eigenvalue weighted by molar-refractivity contribution is 4.96. The van der Waals surface area contributed by atoms with Crippen LogP contribution in [0.4, 0.5) is 0 Å². The quantitative estimate of drug-likeness (QED) is 0.176. The highest BCUT2D eigenvalue weighted by Gasteiger charge is 2.24. The SMILES string of the molecule is CCCCCCCCCCCCCCN1C=CN(CCCCCC)C1CCCC. The molecule has 0 spiro atoms. The van der Waals surface area contributed by atoms with Crippen molar-refractivity contribution in [2.75, 3.05) is 13.1 Å². The maximum absolute atomic E-state index is 2.64. The number of unbranched alkanes of at least 4 members (excludes halogenated alkanes) is 15. The van der Waals surface area contributed by atoms with E-state index in [4.69, 9.17) is 0 Å². The molecule has 1 heterocycles. The standard InChI is InChI=1S/C27H54N2/c1-4-7-10-12-13-14-15-16-17-18-19-21-24-29-26-25-28(23-20-11-8-5-2)27(29)22-9-6-3/h25-27H,4-24H2,1-3H3. The zero-order valence-corrected chi connectivity index (χ0v) is 20.5. The van der Waals surface area contributed by atoms with E-state index in [1.54, 1.807) is 0 Å². The van der Waals surface area contributed by atoms with Crippen LogP contribution in [-0.2, 0) is 0 Å². The Hall–Kier alpha value is -0.660. The number of hydrogen-bond acceptors (Lipinski definition) is 2. The molecule has 1 atom stereocenters. The molecule has 0 saturated heterocycles. The summed E-state index contributed by atoms with van der Waals surface area (Å²) < 4.78 is 0. The van der Waals surface area contributed by atoms with Crippen LogP contribution in [-0.4, -0.2) is 29.1 Å². The lowest BCUT2D eigenvalue weighted by Gasteiger charge is -2.33. The van der Waals surface area contributed by atoms with Crippen LogP contribution in [0, 0.1) is 0 Å². The molecule has 172 valence electrons. The lowest BCUT2D eigenvalue weighted by atomic mass is 10.1. The molecule has 0 bridgehead atoms. The van der Waals surface area contributed by atoms with Gasteiger partial charge >= 0.3 is 0 Å². The lowest BCUT2D eigenvalue weighted by Crippen LogP contribution is -2.39. The molecular formula is C27H54N2. The molecule has 1 aliphatic heterocycles. The second-order valence-corrected chi connectivity index (χ2v) is 9.35. The molecule has 0 aromatic heterocycles. The second-order valence-electron chi connectivity index (χ2n) is 9.35. The largest absolute Gasteiger partial charge is 0.356 e. The Bertz CT molecular complexity index is 366. The van der Waals surface area contributed by atoms with Gasteiger partial charge in [-0.1, -0.05) is 117 Å². The highest BCUT2D eigenvalue weighted by Crippen LogP contribution is 2.23. The normalized spacial score (nSPS) is 16.3. The number of hydrogen-bond donors (Lipinski definition) is 0. The molecule has 0 amide bonds. The molecule has 0 N–H and O–H groups in total. The van der Waals surface area contributed by atoms with Crippen molar-refractivity contribution >= 4 is 0 Å². The van der Waals surface area contributed by atoms with Crippen molar-refractivity contribution in [3.63, 3.8) is 0 Å². The highest BCUT2D eigenvalue weighted by atomic mass is 15.4. The molecule has 29 heavy (non-hydrogen) atoms. The van der Waals surface area contributed by atoms with E-state index in [0.717, 1.165) is 0 Å². The Morgan fingerprint density at radius 3 is 1.21 bits per heavy atom. The maximum Gasteiger partial charge on any atom is 0.101 e. The fraction of sp³-hybridized carbons (Fsp3) is 0.926. The molecular weight excluding hydrogens is 352 g/mol. The smallest absolute Gasteiger partial charge is 0.101 e. The molecule has 0 aliphatic carbocycles. The van der Waals surface area contributed by atoms with Gasteiger partial charge in [-0.2, -0.15) is 0 Å². The monoisotopic (exact) mass is 406 g/mol. The molecule has 1 rings (SSSR count). The van der Waals surface area contributed by atoms with E-state index in [-0.39, 0.29) is 0 Å². The molecule has 2 nitrogen and oxygen atoms in total. The molecule has 0 saturated carbocycles. The van der Waals surface area contributed by atoms with Gasteiger partial charge in [-0.05, 0) is 25.7 Å². The van der Waals surface area contributed by atoms with Crippen molar-refractivity contribution in [3.8, 4) is 0 Å². The van der Waals surface area contributed by atoms with E-state index in [1.807, 2.05) is 0 Å². The van der Waals surface area contributed by atoms with Crippen molar-refractivity contribution < 1.29 is 0 Å². The van der Waals surface area contributed by atoms with Gasteiger partial charge in [0.2, 0.25) is 0 Å². The van der Waals surface area contributed by atoms with Gasteiger partial charge in [0.1, 0.15) is 6.17 Å². The average Bonchev–Trinajstić information content (AvgIpc) is 3.12. The molecule has 0 aromatic rings. The maximum atomic E-state index is 2.64. The van der Waals surface area contributed by atoms with Crippen LogP contribution in [0.2, 0.25) is 0 Å². The van der Waals surface area contributed by atoms with E-state index in [0.29, 0.717) is 6.17 Å². The molecule has 0 aromatic carbocycles. The van der Waals surface area contributed by atoms with Crippen LogP contribution < -0.4 is 0 Å². The molecule has 0 radical (unpaired) electrons. The van der Waals surface area contributed by atoms with Gasteiger partial charge in [-0.25, -0.2) is 0 Å². The Morgan fingerprint density at radius 1 is 0.448 bits per heavy atom. The number of rotatable bonds is 21. The van der Waals surface area contributed by atoms with Crippen molar-refractivity contribution in [2.24, 2.45) is 0 Å². The first kappa shape index (κ1) is 26.4. The summed E-state index contributed by atoms with van der Waals surface area (Å²) in [5.41, 5.74) is 0. The number of nitrogens with zero attached hydrogens (tertiary/aromatic N) is 2. The summed E-state index contributed by atoms with van der Waals surface area (Å²) in [4.78, 5) is 5.28. The lowest BCUT2D eigenvalue weighted by molar-refractivity contribution is 0.136. The molecule has 1 unspecified atom stereocenters. The third-order valence-electron chi connectivity index (χ3n) is 6.57. The third-order valence-corrected chi connectivity index (χ3v) is 6.57. The van der Waals surface area contributed by atoms with Gasteiger partial charge in [0.15, 0.2) is 0 Å². The summed E-state index contributed by atoms with van der Waals surface area (Å²) in [6.07, 6.45) is 32.1. The van der Waals surface area contributed by atoms with E-state index >= 15 is 0 Å². The van der Waals surface area contributed by atoms with Crippen molar-refractivity contribution in [2.45, 2.75) is 149 Å². The predicted octanol–water partition coefficient (Wildman–Crippen LogP) is 8.87. The summed E-state index contributed by atoms with van der Waals surface area (Å²) in [6, 6.07) is 0. The van der Waals surface area contributed by atoms with Crippen LogP contribution in [0.1, 0.15) is 143 Å². The predicted molar refractivity (Wildman–Crippen MR) is 131 cm³/mol. The van der Waals surface area contributed by atoms with E-state index in [1.165, 1.54) is 135 Å². The first-order valence-electron chi connectivity index (χ1n) is 13.5. The molecule has 0 fully saturated rings. The summed E-state index contributed by atoms with van der Waals surface area (Å²) in [5, 5.41) is 0.